The molecule has 1 aliphatic rings. The predicted molar refractivity (Wildman–Crippen MR) is 139 cm³/mol. The molecule has 35 heavy (non-hydrogen) atoms. The van der Waals surface area contributed by atoms with Gasteiger partial charge in [-0.2, -0.15) is 8.75 Å². The van der Waals surface area contributed by atoms with Gasteiger partial charge in [0.2, 0.25) is 5.88 Å². The van der Waals surface area contributed by atoms with E-state index >= 15 is 0 Å². The van der Waals surface area contributed by atoms with Gasteiger partial charge < -0.3 is 14.2 Å². The Balaban J connectivity index is 1.61. The molecule has 3 aromatic carbocycles. The third-order valence-corrected chi connectivity index (χ3v) is 6.63. The van der Waals surface area contributed by atoms with Gasteiger partial charge in [-0.05, 0) is 29.3 Å². The van der Waals surface area contributed by atoms with E-state index in [1.807, 2.05) is 60.7 Å². The molecule has 7 heteroatoms. The minimum atomic E-state index is 0.695. The van der Waals surface area contributed by atoms with Gasteiger partial charge in [0.25, 0.3) is 0 Å². The van der Waals surface area contributed by atoms with Gasteiger partial charge >= 0.3 is 0 Å². The van der Waals surface area contributed by atoms with Gasteiger partial charge in [-0.3, -0.25) is 4.90 Å². The summed E-state index contributed by atoms with van der Waals surface area (Å²) in [6, 6.07) is 28.3. The molecule has 0 atom stereocenters. The summed E-state index contributed by atoms with van der Waals surface area (Å²) >= 11 is 1.19. The summed E-state index contributed by atoms with van der Waals surface area (Å²) in [7, 11) is 0. The average Bonchev–Trinajstić information content (AvgIpc) is 3.71. The van der Waals surface area contributed by atoms with E-state index in [-0.39, 0.29) is 0 Å². The van der Waals surface area contributed by atoms with Crippen LogP contribution in [0.2, 0.25) is 0 Å². The van der Waals surface area contributed by atoms with Crippen molar-refractivity contribution in [2.45, 2.75) is 0 Å². The Labute approximate surface area is 205 Å². The van der Waals surface area contributed by atoms with Gasteiger partial charge in [0.1, 0.15) is 22.5 Å². The lowest BCUT2D eigenvalue weighted by molar-refractivity contribution is 0.573. The van der Waals surface area contributed by atoms with Crippen LogP contribution in [-0.4, -0.2) is 8.75 Å². The molecular formula is C28H18N4O2S. The number of anilines is 3. The maximum Gasteiger partial charge on any atom is 0.203 e. The first-order valence-electron chi connectivity index (χ1n) is 11.2. The molecule has 0 fully saturated rings. The van der Waals surface area contributed by atoms with Crippen molar-refractivity contribution < 1.29 is 8.83 Å². The van der Waals surface area contributed by atoms with Crippen molar-refractivity contribution in [3.63, 3.8) is 0 Å². The van der Waals surface area contributed by atoms with Gasteiger partial charge in [0, 0.05) is 17.8 Å². The lowest BCUT2D eigenvalue weighted by atomic mass is 9.92. The molecule has 0 bridgehead atoms. The van der Waals surface area contributed by atoms with E-state index in [0.717, 1.165) is 56.1 Å². The lowest BCUT2D eigenvalue weighted by Gasteiger charge is -2.31. The van der Waals surface area contributed by atoms with Crippen LogP contribution in [-0.2, 0) is 0 Å². The van der Waals surface area contributed by atoms with Crippen molar-refractivity contribution in [3.05, 3.63) is 109 Å². The highest BCUT2D eigenvalue weighted by atomic mass is 32.1. The van der Waals surface area contributed by atoms with Crippen LogP contribution < -0.4 is 10.2 Å². The SMILES string of the molecule is C1=C(c2ccccc2)Nc2c(-c3ccccc3)c(-c3ccco3)c3nsnc3c2N1c1ccco1. The first kappa shape index (κ1) is 19.8. The van der Waals surface area contributed by atoms with E-state index in [1.165, 1.54) is 11.7 Å². The van der Waals surface area contributed by atoms with Crippen LogP contribution in [0.3, 0.4) is 0 Å². The number of nitrogens with one attached hydrogen (secondary N) is 1. The van der Waals surface area contributed by atoms with Gasteiger partial charge in [-0.1, -0.05) is 60.7 Å². The molecule has 0 saturated carbocycles. The van der Waals surface area contributed by atoms with E-state index < -0.39 is 0 Å². The molecule has 1 N–H and O–H groups in total. The minimum absolute atomic E-state index is 0.695. The van der Waals surface area contributed by atoms with E-state index in [2.05, 4.69) is 40.7 Å². The molecule has 6 nitrogen and oxygen atoms in total. The van der Waals surface area contributed by atoms with Gasteiger partial charge in [-0.15, -0.1) is 0 Å². The molecule has 3 aromatic heterocycles. The highest BCUT2D eigenvalue weighted by molar-refractivity contribution is 7.00. The number of fused-ring (bicyclic) bond motifs is 3. The third-order valence-electron chi connectivity index (χ3n) is 6.10. The van der Waals surface area contributed by atoms with E-state index in [9.17, 15) is 0 Å². The smallest absolute Gasteiger partial charge is 0.203 e. The average molecular weight is 475 g/mol. The second kappa shape index (κ2) is 8.00. The Hall–Kier alpha value is -4.62. The van der Waals surface area contributed by atoms with Gasteiger partial charge in [-0.25, -0.2) is 0 Å². The van der Waals surface area contributed by atoms with E-state index in [4.69, 9.17) is 17.6 Å². The van der Waals surface area contributed by atoms with Crippen LogP contribution in [0, 0.1) is 0 Å². The summed E-state index contributed by atoms with van der Waals surface area (Å²) in [5.74, 6) is 1.44. The quantitative estimate of drug-likeness (QED) is 0.281. The summed E-state index contributed by atoms with van der Waals surface area (Å²) in [6.45, 7) is 0. The standard InChI is InChI=1S/C28H18N4O2S/c1-3-9-18(10-4-1)20-17-32(22-14-8-16-34-22)28-26(29-20)23(19-11-5-2-6-12-19)24(21-13-7-15-33-21)25-27(28)31-35-30-25/h1-17,29H. The Morgan fingerprint density at radius 2 is 1.40 bits per heavy atom. The van der Waals surface area contributed by atoms with Crippen LogP contribution >= 0.6 is 11.7 Å². The number of rotatable bonds is 4. The van der Waals surface area contributed by atoms with Crippen LogP contribution in [0.4, 0.5) is 17.3 Å². The summed E-state index contributed by atoms with van der Waals surface area (Å²) in [5, 5.41) is 3.73. The molecule has 0 amide bonds. The number of benzene rings is 3. The zero-order valence-corrected chi connectivity index (χ0v) is 19.2. The Kier molecular flexibility index (Phi) is 4.53. The topological polar surface area (TPSA) is 67.3 Å². The zero-order valence-electron chi connectivity index (χ0n) is 18.4. The normalized spacial score (nSPS) is 12.9. The zero-order chi connectivity index (χ0) is 23.2. The Bertz CT molecular complexity index is 1660. The Morgan fingerprint density at radius 1 is 0.686 bits per heavy atom. The van der Waals surface area contributed by atoms with Crippen molar-refractivity contribution in [2.24, 2.45) is 0 Å². The molecule has 168 valence electrons. The van der Waals surface area contributed by atoms with Crippen LogP contribution in [0.15, 0.2) is 112 Å². The minimum Gasteiger partial charge on any atom is -0.464 e. The van der Waals surface area contributed by atoms with Crippen LogP contribution in [0.5, 0.6) is 0 Å². The highest BCUT2D eigenvalue weighted by Gasteiger charge is 2.32. The van der Waals surface area contributed by atoms with Crippen LogP contribution in [0.1, 0.15) is 5.56 Å². The molecule has 0 aliphatic carbocycles. The predicted octanol–water partition coefficient (Wildman–Crippen LogP) is 7.77. The second-order valence-electron chi connectivity index (χ2n) is 8.13. The summed E-state index contributed by atoms with van der Waals surface area (Å²) in [5.41, 5.74) is 8.33. The third kappa shape index (κ3) is 3.17. The largest absolute Gasteiger partial charge is 0.464 e. The van der Waals surface area contributed by atoms with E-state index in [0.29, 0.717) is 5.88 Å². The van der Waals surface area contributed by atoms with E-state index in [1.54, 1.807) is 12.5 Å². The van der Waals surface area contributed by atoms with Gasteiger partial charge in [0.05, 0.1) is 41.2 Å². The monoisotopic (exact) mass is 474 g/mol. The maximum absolute atomic E-state index is 5.92. The van der Waals surface area contributed by atoms with Crippen molar-refractivity contribution in [2.75, 3.05) is 10.2 Å². The number of hydrogen-bond acceptors (Lipinski definition) is 7. The molecule has 0 spiro atoms. The van der Waals surface area contributed by atoms with Crippen molar-refractivity contribution in [1.29, 1.82) is 0 Å². The number of nitrogens with zero attached hydrogens (tertiary/aromatic N) is 3. The molecular weight excluding hydrogens is 456 g/mol. The molecule has 0 saturated heterocycles. The molecule has 0 unspecified atom stereocenters. The molecule has 1 aliphatic heterocycles. The molecule has 7 rings (SSSR count). The molecule has 6 aromatic rings. The fraction of sp³-hybridized carbons (Fsp3) is 0. The van der Waals surface area contributed by atoms with Crippen molar-refractivity contribution >= 4 is 45.7 Å². The first-order chi connectivity index (χ1) is 17.4. The van der Waals surface area contributed by atoms with Crippen molar-refractivity contribution in [1.82, 2.24) is 8.75 Å². The summed E-state index contributed by atoms with van der Waals surface area (Å²) < 4.78 is 21.3. The first-order valence-corrected chi connectivity index (χ1v) is 11.9. The van der Waals surface area contributed by atoms with Gasteiger partial charge in [0.15, 0.2) is 0 Å². The van der Waals surface area contributed by atoms with Crippen molar-refractivity contribution in [3.8, 4) is 22.5 Å². The van der Waals surface area contributed by atoms with Crippen LogP contribution in [0.25, 0.3) is 39.2 Å². The fourth-order valence-electron chi connectivity index (χ4n) is 4.60. The fourth-order valence-corrected chi connectivity index (χ4v) is 5.16. The second-order valence-corrected chi connectivity index (χ2v) is 8.66. The molecule has 4 heterocycles. The number of aromatic nitrogens is 2. The number of hydrogen-bond donors (Lipinski definition) is 1. The number of furan rings is 2. The highest BCUT2D eigenvalue weighted by Crippen LogP contribution is 2.53. The Morgan fingerprint density at radius 3 is 2.11 bits per heavy atom. The summed E-state index contributed by atoms with van der Waals surface area (Å²) in [6.07, 6.45) is 5.42. The lowest BCUT2D eigenvalue weighted by Crippen LogP contribution is -2.20. The molecule has 0 radical (unpaired) electrons. The maximum atomic E-state index is 5.92. The summed E-state index contributed by atoms with van der Waals surface area (Å²) in [4.78, 5) is 2.05.